The summed E-state index contributed by atoms with van der Waals surface area (Å²) in [5.41, 5.74) is -2.31. The average molecular weight is 737 g/mol. The number of allylic oxidation sites excluding steroid dienone is 2. The Morgan fingerprint density at radius 3 is 1.96 bits per heavy atom. The molecule has 2 saturated heterocycles. The number of halogens is 7. The van der Waals surface area contributed by atoms with E-state index in [1.54, 1.807) is 0 Å². The van der Waals surface area contributed by atoms with E-state index in [0.717, 1.165) is 23.1 Å². The number of carboxylic acids is 1. The second-order valence-corrected chi connectivity index (χ2v) is 13.5. The molecule has 0 bridgehead atoms. The fourth-order valence-corrected chi connectivity index (χ4v) is 8.64. The minimum Gasteiger partial charge on any atom is -0.508 e. The molecule has 1 saturated carbocycles. The van der Waals surface area contributed by atoms with E-state index in [4.69, 9.17) is 23.2 Å². The molecule has 0 spiro atoms. The molecule has 258 valence electrons. The number of imide groups is 2. The number of amides is 4. The Labute approximate surface area is 286 Å². The molecule has 2 aliphatic heterocycles. The smallest absolute Gasteiger partial charge is 0.339 e. The second kappa shape index (κ2) is 11.0. The van der Waals surface area contributed by atoms with Crippen molar-refractivity contribution in [2.45, 2.75) is 28.5 Å². The average Bonchev–Trinajstić information content (AvgIpc) is 3.41. The Bertz CT molecular complexity index is 2120. The van der Waals surface area contributed by atoms with Gasteiger partial charge >= 0.3 is 5.97 Å². The number of anilines is 2. The minimum atomic E-state index is -2.73. The molecule has 6 atom stereocenters. The van der Waals surface area contributed by atoms with Crippen LogP contribution in [-0.2, 0) is 19.2 Å². The molecule has 3 fully saturated rings. The maximum absolute atomic E-state index is 15.1. The molecule has 4 amide bonds. The Morgan fingerprint density at radius 1 is 0.780 bits per heavy atom. The van der Waals surface area contributed by atoms with Crippen molar-refractivity contribution in [1.82, 2.24) is 0 Å². The van der Waals surface area contributed by atoms with E-state index in [1.165, 1.54) is 30.3 Å². The summed E-state index contributed by atoms with van der Waals surface area (Å²) < 4.78 is 72.9. The number of nitrogens with zero attached hydrogens (tertiary/aromatic N) is 2. The summed E-state index contributed by atoms with van der Waals surface area (Å²) in [5, 5.41) is 29.5. The maximum Gasteiger partial charge on any atom is 0.339 e. The van der Waals surface area contributed by atoms with Crippen LogP contribution in [-0.4, -0.2) is 54.7 Å². The van der Waals surface area contributed by atoms with Gasteiger partial charge in [-0.3, -0.25) is 19.2 Å². The van der Waals surface area contributed by atoms with Gasteiger partial charge in [0.15, 0.2) is 33.0 Å². The molecule has 0 aromatic heterocycles. The Morgan fingerprint density at radius 2 is 1.38 bits per heavy atom. The van der Waals surface area contributed by atoms with Crippen molar-refractivity contribution in [3.05, 3.63) is 94.3 Å². The van der Waals surface area contributed by atoms with Crippen LogP contribution in [0.25, 0.3) is 0 Å². The van der Waals surface area contributed by atoms with Gasteiger partial charge in [-0.2, -0.15) is 0 Å². The third-order valence-electron chi connectivity index (χ3n) is 9.92. The summed E-state index contributed by atoms with van der Waals surface area (Å²) in [6, 6.07) is 7.95. The highest BCUT2D eigenvalue weighted by Gasteiger charge is 2.77. The van der Waals surface area contributed by atoms with Gasteiger partial charge in [-0.15, -0.1) is 23.2 Å². The molecule has 3 aromatic rings. The maximum atomic E-state index is 15.1. The van der Waals surface area contributed by atoms with E-state index in [2.05, 4.69) is 0 Å². The third-order valence-corrected chi connectivity index (χ3v) is 11.3. The molecule has 0 radical (unpaired) electrons. The molecule has 4 aliphatic rings. The van der Waals surface area contributed by atoms with Crippen LogP contribution in [0.4, 0.5) is 33.3 Å². The van der Waals surface area contributed by atoms with Gasteiger partial charge in [-0.1, -0.05) is 23.8 Å². The number of benzene rings is 3. The summed E-state index contributed by atoms with van der Waals surface area (Å²) in [6.07, 6.45) is 0.617. The van der Waals surface area contributed by atoms with Gasteiger partial charge in [0.2, 0.25) is 17.6 Å². The highest BCUT2D eigenvalue weighted by molar-refractivity contribution is 6.58. The Hall–Kier alpha value is -5.02. The number of carboxylic acid groups (broad SMARTS) is 1. The van der Waals surface area contributed by atoms with Crippen molar-refractivity contribution >= 4 is 64.2 Å². The van der Waals surface area contributed by atoms with E-state index in [0.29, 0.717) is 0 Å². The number of rotatable bonds is 4. The molecule has 17 heteroatoms. The van der Waals surface area contributed by atoms with E-state index in [1.807, 2.05) is 0 Å². The van der Waals surface area contributed by atoms with Crippen LogP contribution in [0.5, 0.6) is 11.5 Å². The van der Waals surface area contributed by atoms with Gasteiger partial charge in [0.25, 0.3) is 11.8 Å². The molecule has 3 aromatic carbocycles. The largest absolute Gasteiger partial charge is 0.508 e. The molecule has 2 aliphatic carbocycles. The summed E-state index contributed by atoms with van der Waals surface area (Å²) in [5.74, 6) is -25.0. The van der Waals surface area contributed by atoms with Crippen LogP contribution in [0.2, 0.25) is 0 Å². The number of phenols is 2. The monoisotopic (exact) mass is 736 g/mol. The van der Waals surface area contributed by atoms with Gasteiger partial charge in [-0.25, -0.2) is 36.5 Å². The van der Waals surface area contributed by atoms with Crippen LogP contribution in [0, 0.1) is 46.8 Å². The number of phenolic OH excluding ortho intramolecular Hbond substituents is 1. The van der Waals surface area contributed by atoms with Gasteiger partial charge in [0.05, 0.1) is 17.5 Å². The highest BCUT2D eigenvalue weighted by atomic mass is 35.5. The van der Waals surface area contributed by atoms with Crippen molar-refractivity contribution in [2.75, 3.05) is 9.80 Å². The molecule has 10 nitrogen and oxygen atoms in total. The molecule has 0 unspecified atom stereocenters. The zero-order valence-electron chi connectivity index (χ0n) is 24.8. The Kier molecular flexibility index (Phi) is 7.36. The fourth-order valence-electron chi connectivity index (χ4n) is 7.70. The zero-order chi connectivity index (χ0) is 36.4. The normalized spacial score (nSPS) is 28.8. The fraction of sp³-hybridized carbons (Fsp3) is 0.242. The number of hydrogen-bond acceptors (Lipinski definition) is 7. The van der Waals surface area contributed by atoms with Crippen molar-refractivity contribution < 1.29 is 61.2 Å². The summed E-state index contributed by atoms with van der Waals surface area (Å²) in [6.45, 7) is 0. The van der Waals surface area contributed by atoms with Crippen LogP contribution >= 0.6 is 23.2 Å². The Balaban J connectivity index is 1.40. The number of carbonyl (C=O) groups excluding carboxylic acids is 4. The first-order valence-electron chi connectivity index (χ1n) is 14.7. The first-order valence-corrected chi connectivity index (χ1v) is 15.4. The molecular weight excluding hydrogens is 718 g/mol. The van der Waals surface area contributed by atoms with E-state index >= 15 is 8.78 Å². The first kappa shape index (κ1) is 33.5. The SMILES string of the molecule is O=C(O)c1ccc(N2C(=O)[C@H]3[C@H](CC=C4[C@H]3C[C@@]3(Cl)C(=O)N(c5c(F)c(F)c(F)c(F)c5F)C(=O)[C@@]3(Cl)[C@H]4c3ccc(O)cc3)C2=O)cc1O. The zero-order valence-corrected chi connectivity index (χ0v) is 26.3. The summed E-state index contributed by atoms with van der Waals surface area (Å²) in [4.78, 5) is 62.6. The van der Waals surface area contributed by atoms with E-state index < -0.39 is 116 Å². The number of fused-ring (bicyclic) bond motifs is 4. The van der Waals surface area contributed by atoms with Gasteiger partial charge in [0.1, 0.15) is 22.7 Å². The van der Waals surface area contributed by atoms with Crippen LogP contribution in [0.3, 0.4) is 0 Å². The quantitative estimate of drug-likeness (QED) is 0.0820. The second-order valence-electron chi connectivity index (χ2n) is 12.3. The molecule has 3 N–H and O–H groups in total. The van der Waals surface area contributed by atoms with Crippen molar-refractivity contribution in [3.63, 3.8) is 0 Å². The number of aromatic carboxylic acids is 1. The van der Waals surface area contributed by atoms with Crippen molar-refractivity contribution in [2.24, 2.45) is 17.8 Å². The number of hydrogen-bond donors (Lipinski definition) is 3. The molecular formula is C33H19Cl2F5N2O8. The number of alkyl halides is 2. The molecule has 2 heterocycles. The predicted octanol–water partition coefficient (Wildman–Crippen LogP) is 5.26. The molecule has 50 heavy (non-hydrogen) atoms. The lowest BCUT2D eigenvalue weighted by Gasteiger charge is -2.50. The highest BCUT2D eigenvalue weighted by Crippen LogP contribution is 2.66. The van der Waals surface area contributed by atoms with Crippen LogP contribution < -0.4 is 9.80 Å². The van der Waals surface area contributed by atoms with Crippen molar-refractivity contribution in [3.8, 4) is 11.5 Å². The first-order chi connectivity index (χ1) is 23.5. The third kappa shape index (κ3) is 4.16. The topological polar surface area (TPSA) is 153 Å². The minimum absolute atomic E-state index is 0.0976. The van der Waals surface area contributed by atoms with Crippen LogP contribution in [0.1, 0.15) is 34.7 Å². The van der Waals surface area contributed by atoms with Gasteiger partial charge in [-0.05, 0) is 48.6 Å². The lowest BCUT2D eigenvalue weighted by Crippen LogP contribution is -2.60. The summed E-state index contributed by atoms with van der Waals surface area (Å²) in [7, 11) is 0. The van der Waals surface area contributed by atoms with Crippen molar-refractivity contribution in [1.29, 1.82) is 0 Å². The summed E-state index contributed by atoms with van der Waals surface area (Å²) >= 11 is 14.1. The van der Waals surface area contributed by atoms with E-state index in [-0.39, 0.29) is 33.9 Å². The van der Waals surface area contributed by atoms with Crippen LogP contribution in [0.15, 0.2) is 54.1 Å². The standard InChI is InChI=1S/C33H19Cl2F5N2O8/c34-32-10-17-14(7-8-16-19(17)28(46)41(27(16)45)12-3-6-15(29(47)48)18(44)9-12)20(11-1-4-13(43)5-2-11)33(32,35)31(50)42(30(32)49)26-24(39)22(37)21(36)23(38)25(26)40/h1-7,9,16-17,19-20,43-44H,8,10H2,(H,47,48)/t16-,17+,19-,20-,32+,33-/m0/s1. The number of aromatic hydroxyl groups is 2. The van der Waals surface area contributed by atoms with Gasteiger partial charge in [0, 0.05) is 12.0 Å². The lowest BCUT2D eigenvalue weighted by atomic mass is 9.56. The lowest BCUT2D eigenvalue weighted by molar-refractivity contribution is -0.125. The van der Waals surface area contributed by atoms with E-state index in [9.17, 15) is 52.5 Å². The van der Waals surface area contributed by atoms with Gasteiger partial charge < -0.3 is 15.3 Å². The number of carbonyl (C=O) groups is 5. The predicted molar refractivity (Wildman–Crippen MR) is 162 cm³/mol. The molecule has 7 rings (SSSR count).